The van der Waals surface area contributed by atoms with Crippen LogP contribution in [0, 0.1) is 5.92 Å². The Morgan fingerprint density at radius 3 is 1.58 bits per heavy atom. The van der Waals surface area contributed by atoms with Crippen LogP contribution in [0.15, 0.2) is 24.3 Å². The highest BCUT2D eigenvalue weighted by atomic mass is 16.2. The Bertz CT molecular complexity index is 526. The van der Waals surface area contributed by atoms with Gasteiger partial charge in [-0.25, -0.2) is 0 Å². The van der Waals surface area contributed by atoms with Gasteiger partial charge in [-0.1, -0.05) is 51.2 Å². The molecule has 1 aromatic rings. The Labute approximate surface area is 145 Å². The van der Waals surface area contributed by atoms with Crippen molar-refractivity contribution in [3.8, 4) is 0 Å². The fourth-order valence-corrected chi connectivity index (χ4v) is 3.09. The summed E-state index contributed by atoms with van der Waals surface area (Å²) in [6.45, 7) is 5.00. The average molecular weight is 330 g/mol. The van der Waals surface area contributed by atoms with Gasteiger partial charge < -0.3 is 4.90 Å². The third-order valence-electron chi connectivity index (χ3n) is 4.97. The fraction of sp³-hybridized carbons (Fsp3) is 0.600. The summed E-state index contributed by atoms with van der Waals surface area (Å²) in [6.07, 6.45) is 8.85. The van der Waals surface area contributed by atoms with E-state index in [9.17, 15) is 9.59 Å². The van der Waals surface area contributed by atoms with Crippen LogP contribution in [-0.4, -0.2) is 48.8 Å². The molecular formula is C20H30N2O2. The van der Waals surface area contributed by atoms with E-state index in [1.165, 1.54) is 58.7 Å². The zero-order chi connectivity index (χ0) is 17.5. The van der Waals surface area contributed by atoms with Gasteiger partial charge in [-0.05, 0) is 44.6 Å². The molecule has 2 heterocycles. The maximum absolute atomic E-state index is 11.3. The molecule has 0 bridgehead atoms. The molecule has 0 N–H and O–H groups in total. The number of carbonyl (C=O) groups excluding carboxylic acids is 2. The molecule has 1 saturated heterocycles. The van der Waals surface area contributed by atoms with Gasteiger partial charge in [0.25, 0.3) is 11.8 Å². The van der Waals surface area contributed by atoms with Gasteiger partial charge in [0.15, 0.2) is 0 Å². The first-order chi connectivity index (χ1) is 11.5. The van der Waals surface area contributed by atoms with Gasteiger partial charge in [-0.15, -0.1) is 0 Å². The predicted molar refractivity (Wildman–Crippen MR) is 97.2 cm³/mol. The molecule has 0 spiro atoms. The standard InChI is InChI=1S/C9H7NO2.C7H14.C4H9N/c1-10-8(11)6-4-2-3-5-7(6)9(10)12;1-7-5-3-2-4-6-7;1-5-3-2-4-5/h2-5H,1H3;7H,2-6H2,1H3;2-4H2,1H3. The first kappa shape index (κ1) is 18.7. The van der Waals surface area contributed by atoms with Crippen LogP contribution in [0.3, 0.4) is 0 Å². The SMILES string of the molecule is CC1CCCCC1.CN1C(=O)c2ccccc2C1=O.CN1CCC1. The molecule has 132 valence electrons. The minimum Gasteiger partial charge on any atom is -0.306 e. The molecule has 3 aliphatic rings. The number of carbonyl (C=O) groups is 2. The second kappa shape index (κ2) is 8.97. The van der Waals surface area contributed by atoms with Crippen molar-refractivity contribution in [3.63, 3.8) is 0 Å². The van der Waals surface area contributed by atoms with Gasteiger partial charge in [-0.3, -0.25) is 14.5 Å². The number of hydrogen-bond acceptors (Lipinski definition) is 3. The van der Waals surface area contributed by atoms with Crippen LogP contribution in [0.25, 0.3) is 0 Å². The smallest absolute Gasteiger partial charge is 0.261 e. The van der Waals surface area contributed by atoms with Crippen LogP contribution in [-0.2, 0) is 0 Å². The van der Waals surface area contributed by atoms with E-state index in [1.807, 2.05) is 0 Å². The van der Waals surface area contributed by atoms with Gasteiger partial charge in [0, 0.05) is 7.05 Å². The van der Waals surface area contributed by atoms with Gasteiger partial charge in [-0.2, -0.15) is 0 Å². The molecule has 24 heavy (non-hydrogen) atoms. The molecule has 4 heteroatoms. The van der Waals surface area contributed by atoms with Crippen molar-refractivity contribution in [3.05, 3.63) is 35.4 Å². The van der Waals surface area contributed by atoms with E-state index < -0.39 is 0 Å². The lowest BCUT2D eigenvalue weighted by Crippen LogP contribution is -2.32. The lowest BCUT2D eigenvalue weighted by molar-refractivity contribution is 0.0693. The van der Waals surface area contributed by atoms with E-state index >= 15 is 0 Å². The third kappa shape index (κ3) is 4.91. The summed E-state index contributed by atoms with van der Waals surface area (Å²) in [4.78, 5) is 26.1. The van der Waals surface area contributed by atoms with E-state index in [0.717, 1.165) is 10.8 Å². The second-order valence-corrected chi connectivity index (χ2v) is 7.11. The lowest BCUT2D eigenvalue weighted by atomic mass is 9.91. The Morgan fingerprint density at radius 2 is 1.29 bits per heavy atom. The molecule has 1 saturated carbocycles. The van der Waals surface area contributed by atoms with Crippen LogP contribution in [0.5, 0.6) is 0 Å². The predicted octanol–water partition coefficient (Wildman–Crippen LogP) is 3.82. The first-order valence-electron chi connectivity index (χ1n) is 9.10. The van der Waals surface area contributed by atoms with Crippen molar-refractivity contribution < 1.29 is 9.59 Å². The first-order valence-corrected chi connectivity index (χ1v) is 9.10. The topological polar surface area (TPSA) is 40.6 Å². The number of rotatable bonds is 0. The Balaban J connectivity index is 0.000000147. The summed E-state index contributed by atoms with van der Waals surface area (Å²) in [5.74, 6) is 0.611. The maximum Gasteiger partial charge on any atom is 0.261 e. The average Bonchev–Trinajstić information content (AvgIpc) is 2.80. The van der Waals surface area contributed by atoms with E-state index in [4.69, 9.17) is 0 Å². The number of fused-ring (bicyclic) bond motifs is 1. The van der Waals surface area contributed by atoms with Crippen LogP contribution < -0.4 is 0 Å². The molecule has 1 aliphatic carbocycles. The quantitative estimate of drug-likeness (QED) is 0.679. The molecule has 0 unspecified atom stereocenters. The summed E-state index contributed by atoms with van der Waals surface area (Å²) in [7, 11) is 3.63. The molecule has 0 atom stereocenters. The summed E-state index contributed by atoms with van der Waals surface area (Å²) in [5, 5.41) is 0. The third-order valence-corrected chi connectivity index (χ3v) is 4.97. The Hall–Kier alpha value is -1.68. The van der Waals surface area contributed by atoms with Crippen LogP contribution in [0.4, 0.5) is 0 Å². The molecule has 2 fully saturated rings. The Kier molecular flexibility index (Phi) is 6.98. The van der Waals surface area contributed by atoms with E-state index in [0.29, 0.717) is 11.1 Å². The van der Waals surface area contributed by atoms with Gasteiger partial charge >= 0.3 is 0 Å². The summed E-state index contributed by atoms with van der Waals surface area (Å²) in [6, 6.07) is 6.84. The zero-order valence-corrected chi connectivity index (χ0v) is 15.3. The number of nitrogens with zero attached hydrogens (tertiary/aromatic N) is 2. The lowest BCUT2D eigenvalue weighted by Gasteiger charge is -2.24. The van der Waals surface area contributed by atoms with Gasteiger partial charge in [0.1, 0.15) is 0 Å². The fourth-order valence-electron chi connectivity index (χ4n) is 3.09. The molecule has 0 aromatic heterocycles. The Morgan fingerprint density at radius 1 is 0.833 bits per heavy atom. The number of imide groups is 1. The molecule has 0 radical (unpaired) electrons. The normalized spacial score (nSPS) is 20.4. The maximum atomic E-state index is 11.3. The number of likely N-dealkylation sites (tertiary alicyclic amines) is 1. The minimum absolute atomic E-state index is 0.212. The minimum atomic E-state index is -0.212. The van der Waals surface area contributed by atoms with Crippen LogP contribution >= 0.6 is 0 Å². The van der Waals surface area contributed by atoms with Crippen molar-refractivity contribution in [1.82, 2.24) is 9.80 Å². The number of amides is 2. The van der Waals surface area contributed by atoms with Crippen molar-refractivity contribution in [2.24, 2.45) is 5.92 Å². The highest BCUT2D eigenvalue weighted by Crippen LogP contribution is 2.22. The summed E-state index contributed by atoms with van der Waals surface area (Å²) in [5.41, 5.74) is 1.01. The molecule has 2 aliphatic heterocycles. The van der Waals surface area contributed by atoms with Crippen molar-refractivity contribution in [2.75, 3.05) is 27.2 Å². The van der Waals surface area contributed by atoms with Gasteiger partial charge in [0.2, 0.25) is 0 Å². The highest BCUT2D eigenvalue weighted by molar-refractivity contribution is 6.21. The molecular weight excluding hydrogens is 300 g/mol. The highest BCUT2D eigenvalue weighted by Gasteiger charge is 2.31. The monoisotopic (exact) mass is 330 g/mol. The van der Waals surface area contributed by atoms with E-state index in [2.05, 4.69) is 18.9 Å². The summed E-state index contributed by atoms with van der Waals surface area (Å²) < 4.78 is 0. The molecule has 2 amide bonds. The van der Waals surface area contributed by atoms with Crippen LogP contribution in [0.1, 0.15) is 66.2 Å². The molecule has 4 nitrogen and oxygen atoms in total. The largest absolute Gasteiger partial charge is 0.306 e. The van der Waals surface area contributed by atoms with Crippen molar-refractivity contribution in [1.29, 1.82) is 0 Å². The number of benzene rings is 1. The van der Waals surface area contributed by atoms with Crippen LogP contribution in [0.2, 0.25) is 0 Å². The molecule has 4 rings (SSSR count). The second-order valence-electron chi connectivity index (χ2n) is 7.11. The zero-order valence-electron chi connectivity index (χ0n) is 15.3. The summed E-state index contributed by atoms with van der Waals surface area (Å²) >= 11 is 0. The van der Waals surface area contributed by atoms with Crippen molar-refractivity contribution >= 4 is 11.8 Å². The van der Waals surface area contributed by atoms with Gasteiger partial charge in [0.05, 0.1) is 11.1 Å². The number of hydrogen-bond donors (Lipinski definition) is 0. The van der Waals surface area contributed by atoms with E-state index in [1.54, 1.807) is 24.3 Å². The van der Waals surface area contributed by atoms with E-state index in [-0.39, 0.29) is 11.8 Å². The van der Waals surface area contributed by atoms with Crippen molar-refractivity contribution in [2.45, 2.75) is 45.4 Å². The molecule has 1 aromatic carbocycles.